The summed E-state index contributed by atoms with van der Waals surface area (Å²) in [5.74, 6) is 1.55. The Labute approximate surface area is 216 Å². The van der Waals surface area contributed by atoms with E-state index in [1.165, 1.54) is 0 Å². The van der Waals surface area contributed by atoms with Crippen molar-refractivity contribution in [3.8, 4) is 0 Å². The predicted molar refractivity (Wildman–Crippen MR) is 141 cm³/mol. The molecule has 194 valence electrons. The summed E-state index contributed by atoms with van der Waals surface area (Å²) in [6, 6.07) is 6.20. The molecule has 0 aromatic carbocycles. The quantitative estimate of drug-likeness (QED) is 0.552. The Morgan fingerprint density at radius 2 is 1.95 bits per heavy atom. The van der Waals surface area contributed by atoms with E-state index < -0.39 is 0 Å². The van der Waals surface area contributed by atoms with Crippen LogP contribution in [0.3, 0.4) is 0 Å². The lowest BCUT2D eigenvalue weighted by Crippen LogP contribution is -2.44. The van der Waals surface area contributed by atoms with Crippen molar-refractivity contribution in [1.29, 1.82) is 0 Å². The van der Waals surface area contributed by atoms with Gasteiger partial charge in [0.05, 0.1) is 11.3 Å². The lowest BCUT2D eigenvalue weighted by molar-refractivity contribution is 0.0690. The summed E-state index contributed by atoms with van der Waals surface area (Å²) in [7, 11) is 3.54. The summed E-state index contributed by atoms with van der Waals surface area (Å²) in [6.07, 6.45) is 7.29. The SMILES string of the molecule is Cc1nc(Nc2ncc3cc(C(=O)N(C)C)n(C4CCCC4)c3n2)ccc1C(=O)N1CC2CNC(C2)C1. The van der Waals surface area contributed by atoms with Gasteiger partial charge in [0, 0.05) is 57.4 Å². The molecular formula is C27H34N8O2. The maximum atomic E-state index is 13.2. The van der Waals surface area contributed by atoms with Crippen molar-refractivity contribution in [3.63, 3.8) is 0 Å². The molecule has 2 saturated heterocycles. The maximum Gasteiger partial charge on any atom is 0.270 e. The Hall–Kier alpha value is -3.53. The van der Waals surface area contributed by atoms with Crippen molar-refractivity contribution in [2.45, 2.75) is 51.1 Å². The molecular weight excluding hydrogens is 468 g/mol. The molecule has 2 atom stereocenters. The fourth-order valence-electron chi connectivity index (χ4n) is 6.13. The van der Waals surface area contributed by atoms with E-state index in [0.29, 0.717) is 40.7 Å². The van der Waals surface area contributed by atoms with Gasteiger partial charge in [-0.05, 0) is 50.3 Å². The molecule has 3 aliphatic rings. The van der Waals surface area contributed by atoms with Crippen LogP contribution in [-0.2, 0) is 0 Å². The highest BCUT2D eigenvalue weighted by Gasteiger charge is 2.35. The van der Waals surface area contributed by atoms with Crippen molar-refractivity contribution in [2.24, 2.45) is 5.92 Å². The Morgan fingerprint density at radius 3 is 2.68 bits per heavy atom. The fourth-order valence-corrected chi connectivity index (χ4v) is 6.13. The zero-order valence-electron chi connectivity index (χ0n) is 21.7. The lowest BCUT2D eigenvalue weighted by Gasteiger charge is -2.31. The summed E-state index contributed by atoms with van der Waals surface area (Å²) < 4.78 is 2.10. The number of rotatable bonds is 5. The van der Waals surface area contributed by atoms with E-state index in [-0.39, 0.29) is 17.9 Å². The number of aryl methyl sites for hydroxylation is 1. The van der Waals surface area contributed by atoms with Crippen LogP contribution in [0.5, 0.6) is 0 Å². The van der Waals surface area contributed by atoms with E-state index in [4.69, 9.17) is 4.98 Å². The first-order chi connectivity index (χ1) is 17.9. The summed E-state index contributed by atoms with van der Waals surface area (Å²) in [5.41, 5.74) is 2.71. The van der Waals surface area contributed by atoms with Gasteiger partial charge in [0.25, 0.3) is 11.8 Å². The number of anilines is 2. The van der Waals surface area contributed by atoms with Crippen LogP contribution in [-0.4, -0.2) is 80.9 Å². The van der Waals surface area contributed by atoms with Crippen LogP contribution >= 0.6 is 0 Å². The monoisotopic (exact) mass is 502 g/mol. The third-order valence-electron chi connectivity index (χ3n) is 7.97. The Kier molecular flexibility index (Phi) is 6.06. The van der Waals surface area contributed by atoms with E-state index in [1.54, 1.807) is 25.2 Å². The number of amides is 2. The molecule has 10 heteroatoms. The first kappa shape index (κ1) is 23.8. The summed E-state index contributed by atoms with van der Waals surface area (Å²) in [4.78, 5) is 43.7. The highest BCUT2D eigenvalue weighted by molar-refractivity contribution is 5.98. The van der Waals surface area contributed by atoms with Gasteiger partial charge in [-0.2, -0.15) is 4.98 Å². The number of carbonyl (C=O) groups excluding carboxylic acids is 2. The van der Waals surface area contributed by atoms with Gasteiger partial charge >= 0.3 is 0 Å². The second-order valence-electron chi connectivity index (χ2n) is 10.9. The Balaban J connectivity index is 1.26. The summed E-state index contributed by atoms with van der Waals surface area (Å²) in [5, 5.41) is 7.55. The minimum absolute atomic E-state index is 0.0329. The molecule has 1 aliphatic carbocycles. The highest BCUT2D eigenvalue weighted by Crippen LogP contribution is 2.35. The summed E-state index contributed by atoms with van der Waals surface area (Å²) in [6.45, 7) is 4.41. The van der Waals surface area contributed by atoms with Crippen molar-refractivity contribution in [3.05, 3.63) is 41.3 Å². The van der Waals surface area contributed by atoms with Crippen LogP contribution in [0.25, 0.3) is 11.0 Å². The largest absolute Gasteiger partial charge is 0.343 e. The Bertz CT molecular complexity index is 1350. The molecule has 0 spiro atoms. The molecule has 2 N–H and O–H groups in total. The minimum atomic E-state index is -0.0329. The first-order valence-corrected chi connectivity index (χ1v) is 13.2. The van der Waals surface area contributed by atoms with Crippen LogP contribution < -0.4 is 10.6 Å². The molecule has 3 aromatic rings. The zero-order valence-corrected chi connectivity index (χ0v) is 21.7. The molecule has 5 heterocycles. The average Bonchev–Trinajstić information content (AvgIpc) is 3.61. The van der Waals surface area contributed by atoms with Crippen molar-refractivity contribution in [2.75, 3.05) is 39.0 Å². The number of piperidine rings is 1. The maximum absolute atomic E-state index is 13.2. The van der Waals surface area contributed by atoms with Crippen LogP contribution in [0.1, 0.15) is 64.7 Å². The van der Waals surface area contributed by atoms with Gasteiger partial charge in [0.15, 0.2) is 0 Å². The molecule has 2 amide bonds. The van der Waals surface area contributed by atoms with Crippen LogP contribution in [0.15, 0.2) is 24.4 Å². The molecule has 0 radical (unpaired) electrons. The number of hydrogen-bond acceptors (Lipinski definition) is 7. The van der Waals surface area contributed by atoms with E-state index in [1.807, 2.05) is 30.0 Å². The van der Waals surface area contributed by atoms with Crippen molar-refractivity contribution < 1.29 is 9.59 Å². The molecule has 37 heavy (non-hydrogen) atoms. The normalized spacial score (nSPS) is 21.5. The van der Waals surface area contributed by atoms with Crippen molar-refractivity contribution in [1.82, 2.24) is 34.6 Å². The zero-order chi connectivity index (χ0) is 25.7. The fraction of sp³-hybridized carbons (Fsp3) is 0.519. The molecule has 2 aliphatic heterocycles. The topological polar surface area (TPSA) is 108 Å². The van der Waals surface area contributed by atoms with Crippen LogP contribution in [0, 0.1) is 12.8 Å². The minimum Gasteiger partial charge on any atom is -0.343 e. The number of hydrogen-bond donors (Lipinski definition) is 2. The van der Waals surface area contributed by atoms with Gasteiger partial charge in [0.2, 0.25) is 5.95 Å². The van der Waals surface area contributed by atoms with Gasteiger partial charge in [-0.25, -0.2) is 9.97 Å². The third kappa shape index (κ3) is 4.43. The second-order valence-corrected chi connectivity index (χ2v) is 10.9. The number of nitrogens with one attached hydrogen (secondary N) is 2. The van der Waals surface area contributed by atoms with Gasteiger partial charge in [0.1, 0.15) is 17.2 Å². The number of pyridine rings is 1. The number of nitrogens with zero attached hydrogens (tertiary/aromatic N) is 6. The van der Waals surface area contributed by atoms with Gasteiger partial charge in [-0.3, -0.25) is 9.59 Å². The number of aromatic nitrogens is 4. The van der Waals surface area contributed by atoms with E-state index in [0.717, 1.165) is 62.8 Å². The van der Waals surface area contributed by atoms with Gasteiger partial charge < -0.3 is 25.0 Å². The lowest BCUT2D eigenvalue weighted by atomic mass is 9.99. The molecule has 2 unspecified atom stereocenters. The second kappa shape index (κ2) is 9.41. The van der Waals surface area contributed by atoms with E-state index in [2.05, 4.69) is 25.2 Å². The van der Waals surface area contributed by atoms with Gasteiger partial charge in [-0.15, -0.1) is 0 Å². The van der Waals surface area contributed by atoms with Crippen LogP contribution in [0.2, 0.25) is 0 Å². The third-order valence-corrected chi connectivity index (χ3v) is 7.97. The first-order valence-electron chi connectivity index (χ1n) is 13.2. The Morgan fingerprint density at radius 1 is 1.14 bits per heavy atom. The van der Waals surface area contributed by atoms with E-state index in [9.17, 15) is 9.59 Å². The molecule has 10 nitrogen and oxygen atoms in total. The van der Waals surface area contributed by atoms with Crippen molar-refractivity contribution >= 4 is 34.6 Å². The number of fused-ring (bicyclic) bond motifs is 3. The molecule has 3 aromatic heterocycles. The highest BCUT2D eigenvalue weighted by atomic mass is 16.2. The molecule has 3 fully saturated rings. The number of carbonyl (C=O) groups is 2. The predicted octanol–water partition coefficient (Wildman–Crippen LogP) is 3.13. The summed E-state index contributed by atoms with van der Waals surface area (Å²) >= 11 is 0. The molecule has 1 saturated carbocycles. The van der Waals surface area contributed by atoms with Gasteiger partial charge in [-0.1, -0.05) is 12.8 Å². The number of likely N-dealkylation sites (tertiary alicyclic amines) is 1. The molecule has 2 bridgehead atoms. The standard InChI is InChI=1S/C27H34N8O2/c1-16-21(25(36)34-14-17-10-19(15-34)28-12-17)8-9-23(30-16)31-27-29-13-18-11-22(26(37)33(2)3)35(24(18)32-27)20-6-4-5-7-20/h8-9,11,13,17,19-20,28H,4-7,10,12,14-15H2,1-3H3,(H,29,30,31,32). The van der Waals surface area contributed by atoms with Crippen LogP contribution in [0.4, 0.5) is 11.8 Å². The van der Waals surface area contributed by atoms with E-state index >= 15 is 0 Å². The smallest absolute Gasteiger partial charge is 0.270 e. The average molecular weight is 503 g/mol. The molecule has 6 rings (SSSR count).